The van der Waals surface area contributed by atoms with Crippen molar-refractivity contribution in [3.63, 3.8) is 0 Å². The average molecular weight is 337 g/mol. The molecule has 3 aromatic rings. The molecule has 128 valence electrons. The van der Waals surface area contributed by atoms with Crippen molar-refractivity contribution in [3.05, 3.63) is 76.7 Å². The van der Waals surface area contributed by atoms with Gasteiger partial charge < -0.3 is 19.6 Å². The molecule has 1 aromatic heterocycles. The highest BCUT2D eigenvalue weighted by Crippen LogP contribution is 2.16. The summed E-state index contributed by atoms with van der Waals surface area (Å²) in [5.74, 6) is 0.645. The quantitative estimate of drug-likeness (QED) is 0.679. The molecule has 6 nitrogen and oxygen atoms in total. The Kier molecular flexibility index (Phi) is 4.70. The van der Waals surface area contributed by atoms with Gasteiger partial charge in [-0.3, -0.25) is 4.79 Å². The summed E-state index contributed by atoms with van der Waals surface area (Å²) >= 11 is 0. The van der Waals surface area contributed by atoms with E-state index in [1.165, 1.54) is 0 Å². The topological polar surface area (TPSA) is 78.2 Å². The molecule has 0 bridgehead atoms. The second kappa shape index (κ2) is 7.09. The Bertz CT molecular complexity index is 954. The zero-order valence-electron chi connectivity index (χ0n) is 13.9. The van der Waals surface area contributed by atoms with Crippen molar-refractivity contribution in [2.24, 2.45) is 0 Å². The lowest BCUT2D eigenvalue weighted by Crippen LogP contribution is -2.30. The van der Waals surface area contributed by atoms with Crippen LogP contribution in [0.2, 0.25) is 0 Å². The van der Waals surface area contributed by atoms with Crippen molar-refractivity contribution in [3.8, 4) is 5.75 Å². The van der Waals surface area contributed by atoms with Crippen LogP contribution in [0.3, 0.4) is 0 Å². The number of H-pyrrole nitrogens is 2. The molecule has 0 radical (unpaired) electrons. The van der Waals surface area contributed by atoms with Gasteiger partial charge in [0.1, 0.15) is 5.75 Å². The van der Waals surface area contributed by atoms with E-state index in [2.05, 4.69) is 16.5 Å². The minimum absolute atomic E-state index is 0.125. The Morgan fingerprint density at radius 1 is 1.16 bits per heavy atom. The molecule has 0 spiro atoms. The molecule has 0 aliphatic heterocycles. The highest BCUT2D eigenvalue weighted by atomic mass is 16.5. The summed E-state index contributed by atoms with van der Waals surface area (Å²) < 4.78 is 5.15. The number of hydrogen-bond donors (Lipinski definition) is 2. The first kappa shape index (κ1) is 16.6. The number of nitrogens with zero attached hydrogens (tertiary/aromatic N) is 1. The molecule has 25 heavy (non-hydrogen) atoms. The summed E-state index contributed by atoms with van der Waals surface area (Å²) in [5, 5.41) is 0. The van der Waals surface area contributed by atoms with Gasteiger partial charge in [0.25, 0.3) is 5.91 Å². The monoisotopic (exact) mass is 337 g/mol. The Balaban J connectivity index is 1.85. The van der Waals surface area contributed by atoms with E-state index < -0.39 is 0 Å². The van der Waals surface area contributed by atoms with Crippen molar-refractivity contribution >= 4 is 16.9 Å². The van der Waals surface area contributed by atoms with E-state index in [1.54, 1.807) is 36.3 Å². The van der Waals surface area contributed by atoms with Crippen molar-refractivity contribution in [2.45, 2.75) is 6.54 Å². The van der Waals surface area contributed by atoms with Gasteiger partial charge >= 0.3 is 5.69 Å². The van der Waals surface area contributed by atoms with Gasteiger partial charge in [-0.05, 0) is 35.9 Å². The molecule has 1 heterocycles. The van der Waals surface area contributed by atoms with Crippen molar-refractivity contribution in [1.82, 2.24) is 14.9 Å². The Morgan fingerprint density at radius 2 is 1.88 bits per heavy atom. The maximum Gasteiger partial charge on any atom is 0.323 e. The number of imidazole rings is 1. The lowest BCUT2D eigenvalue weighted by molar-refractivity contribution is 0.0763. The van der Waals surface area contributed by atoms with Crippen LogP contribution in [0.5, 0.6) is 5.75 Å². The average Bonchev–Trinajstić information content (AvgIpc) is 3.00. The highest BCUT2D eigenvalue weighted by Gasteiger charge is 2.16. The number of benzene rings is 2. The van der Waals surface area contributed by atoms with Crippen LogP contribution in [-0.2, 0) is 6.54 Å². The molecule has 0 atom stereocenters. The molecular formula is C19H19N3O3. The second-order valence-corrected chi connectivity index (χ2v) is 5.66. The fourth-order valence-corrected chi connectivity index (χ4v) is 2.67. The standard InChI is InChI=1S/C19H19N3O3/c1-3-10-22(12-13-4-7-15(25-2)8-5-13)18(23)14-6-9-16-17(11-14)21-19(24)20-16/h3-9,11H,1,10,12H2,2H3,(H2,20,21,24). The summed E-state index contributed by atoms with van der Waals surface area (Å²) in [4.78, 5) is 31.3. The van der Waals surface area contributed by atoms with Crippen LogP contribution in [-0.4, -0.2) is 34.4 Å². The Morgan fingerprint density at radius 3 is 2.56 bits per heavy atom. The molecule has 6 heteroatoms. The van der Waals surface area contributed by atoms with E-state index >= 15 is 0 Å². The van der Waals surface area contributed by atoms with Gasteiger partial charge in [-0.25, -0.2) is 4.79 Å². The third-order valence-corrected chi connectivity index (χ3v) is 3.93. The summed E-state index contributed by atoms with van der Waals surface area (Å²) in [6, 6.07) is 12.7. The summed E-state index contributed by atoms with van der Waals surface area (Å²) in [7, 11) is 1.62. The molecule has 2 aromatic carbocycles. The van der Waals surface area contributed by atoms with Crippen molar-refractivity contribution in [2.75, 3.05) is 13.7 Å². The molecule has 2 N–H and O–H groups in total. The SMILES string of the molecule is C=CCN(Cc1ccc(OC)cc1)C(=O)c1ccc2[nH]c(=O)[nH]c2c1. The van der Waals surface area contributed by atoms with Crippen LogP contribution in [0.15, 0.2) is 59.9 Å². The fourth-order valence-electron chi connectivity index (χ4n) is 2.67. The summed E-state index contributed by atoms with van der Waals surface area (Å²) in [5.41, 5.74) is 2.50. The predicted molar refractivity (Wildman–Crippen MR) is 96.9 cm³/mol. The summed E-state index contributed by atoms with van der Waals surface area (Å²) in [6.07, 6.45) is 1.69. The minimum Gasteiger partial charge on any atom is -0.497 e. The number of aromatic nitrogens is 2. The van der Waals surface area contributed by atoms with Gasteiger partial charge in [0, 0.05) is 18.7 Å². The first-order valence-electron chi connectivity index (χ1n) is 7.86. The third-order valence-electron chi connectivity index (χ3n) is 3.93. The zero-order chi connectivity index (χ0) is 17.8. The number of aromatic amines is 2. The highest BCUT2D eigenvalue weighted by molar-refractivity contribution is 5.97. The first-order chi connectivity index (χ1) is 12.1. The number of ether oxygens (including phenoxy) is 1. The van der Waals surface area contributed by atoms with Crippen molar-refractivity contribution in [1.29, 1.82) is 0 Å². The molecule has 0 saturated heterocycles. The third kappa shape index (κ3) is 3.63. The van der Waals surface area contributed by atoms with Gasteiger partial charge in [0.15, 0.2) is 0 Å². The van der Waals surface area contributed by atoms with Gasteiger partial charge in [-0.1, -0.05) is 18.2 Å². The lowest BCUT2D eigenvalue weighted by atomic mass is 10.1. The number of carbonyl (C=O) groups is 1. The molecule has 0 aliphatic rings. The molecule has 0 aliphatic carbocycles. The van der Waals surface area contributed by atoms with Gasteiger partial charge in [-0.15, -0.1) is 6.58 Å². The van der Waals surface area contributed by atoms with Gasteiger partial charge in [0.2, 0.25) is 0 Å². The van der Waals surface area contributed by atoms with Crippen LogP contribution in [0.25, 0.3) is 11.0 Å². The molecule has 3 rings (SSSR count). The van der Waals surface area contributed by atoms with Crippen molar-refractivity contribution < 1.29 is 9.53 Å². The normalized spacial score (nSPS) is 10.6. The smallest absolute Gasteiger partial charge is 0.323 e. The van der Waals surface area contributed by atoms with Gasteiger partial charge in [-0.2, -0.15) is 0 Å². The zero-order valence-corrected chi connectivity index (χ0v) is 13.9. The summed E-state index contributed by atoms with van der Waals surface area (Å²) in [6.45, 7) is 4.61. The largest absolute Gasteiger partial charge is 0.497 e. The Hall–Kier alpha value is -3.28. The number of nitrogens with one attached hydrogen (secondary N) is 2. The molecular weight excluding hydrogens is 318 g/mol. The molecule has 0 saturated carbocycles. The van der Waals surface area contributed by atoms with Gasteiger partial charge in [0.05, 0.1) is 18.1 Å². The number of methoxy groups -OCH3 is 1. The number of rotatable bonds is 6. The number of amides is 1. The van der Waals surface area contributed by atoms with E-state index in [9.17, 15) is 9.59 Å². The second-order valence-electron chi connectivity index (χ2n) is 5.66. The lowest BCUT2D eigenvalue weighted by Gasteiger charge is -2.21. The maximum absolute atomic E-state index is 12.9. The van der Waals surface area contributed by atoms with Crippen LogP contribution >= 0.6 is 0 Å². The maximum atomic E-state index is 12.9. The van der Waals surface area contributed by atoms with Crippen LogP contribution in [0.4, 0.5) is 0 Å². The first-order valence-corrected chi connectivity index (χ1v) is 7.86. The van der Waals surface area contributed by atoms with E-state index in [-0.39, 0.29) is 11.6 Å². The van der Waals surface area contributed by atoms with E-state index in [4.69, 9.17) is 4.74 Å². The van der Waals surface area contributed by atoms with Crippen LogP contribution in [0, 0.1) is 0 Å². The van der Waals surface area contributed by atoms with E-state index in [0.717, 1.165) is 11.3 Å². The number of hydrogen-bond acceptors (Lipinski definition) is 3. The number of carbonyl (C=O) groups excluding carboxylic acids is 1. The van der Waals surface area contributed by atoms with E-state index in [1.807, 2.05) is 24.3 Å². The Labute approximate surface area is 144 Å². The van der Waals surface area contributed by atoms with Crippen LogP contribution in [0.1, 0.15) is 15.9 Å². The minimum atomic E-state index is -0.291. The molecule has 0 fully saturated rings. The van der Waals surface area contributed by atoms with Crippen LogP contribution < -0.4 is 10.4 Å². The molecule has 0 unspecified atom stereocenters. The molecule has 1 amide bonds. The number of fused-ring (bicyclic) bond motifs is 1. The predicted octanol–water partition coefficient (Wildman–Crippen LogP) is 2.69. The fraction of sp³-hybridized carbons (Fsp3) is 0.158. The van der Waals surface area contributed by atoms with E-state index in [0.29, 0.717) is 29.7 Å².